The Kier molecular flexibility index (Phi) is 7.89. The second-order valence-corrected chi connectivity index (χ2v) is 3.06. The van der Waals surface area contributed by atoms with Gasteiger partial charge in [0.2, 0.25) is 0 Å². The molecule has 4 nitrogen and oxygen atoms in total. The van der Waals surface area contributed by atoms with Crippen molar-refractivity contribution in [1.82, 2.24) is 0 Å². The Bertz CT molecular complexity index is 191. The first-order chi connectivity index (χ1) is 6.70. The molecular formula is C10H20N2O2. The van der Waals surface area contributed by atoms with Crippen LogP contribution in [0.2, 0.25) is 0 Å². The molecule has 0 saturated heterocycles. The Morgan fingerprint density at radius 3 is 2.64 bits per heavy atom. The molecule has 14 heavy (non-hydrogen) atoms. The summed E-state index contributed by atoms with van der Waals surface area (Å²) in [5, 5.41) is 0. The number of nitrogens with zero attached hydrogens (tertiary/aromatic N) is 1. The average molecular weight is 200 g/mol. The van der Waals surface area contributed by atoms with Crippen LogP contribution in [-0.4, -0.2) is 25.0 Å². The molecule has 0 bridgehead atoms. The third kappa shape index (κ3) is 7.58. The van der Waals surface area contributed by atoms with Gasteiger partial charge in [0.15, 0.2) is 0 Å². The lowest BCUT2D eigenvalue weighted by Crippen LogP contribution is -2.19. The highest BCUT2D eigenvalue weighted by Crippen LogP contribution is 1.94. The Balaban J connectivity index is 3.60. The van der Waals surface area contributed by atoms with Gasteiger partial charge < -0.3 is 10.5 Å². The Morgan fingerprint density at radius 1 is 1.36 bits per heavy atom. The Labute approximate surface area is 85.5 Å². The average Bonchev–Trinajstić information content (AvgIpc) is 2.13. The van der Waals surface area contributed by atoms with Crippen LogP contribution in [-0.2, 0) is 9.53 Å². The number of rotatable bonds is 7. The Morgan fingerprint density at radius 2 is 2.07 bits per heavy atom. The lowest BCUT2D eigenvalue weighted by atomic mass is 10.2. The first-order valence-electron chi connectivity index (χ1n) is 5.15. The highest BCUT2D eigenvalue weighted by atomic mass is 16.5. The zero-order valence-corrected chi connectivity index (χ0v) is 9.08. The first kappa shape index (κ1) is 12.9. The number of nitrogens with two attached hydrogens (primary N) is 1. The Hall–Kier alpha value is -1.06. The van der Waals surface area contributed by atoms with E-state index in [9.17, 15) is 4.79 Å². The molecule has 0 rings (SSSR count). The fourth-order valence-corrected chi connectivity index (χ4v) is 1.00. The van der Waals surface area contributed by atoms with Gasteiger partial charge in [-0.05, 0) is 13.3 Å². The molecule has 4 heteroatoms. The smallest absolute Gasteiger partial charge is 0.313 e. The molecule has 0 radical (unpaired) electrons. The molecule has 0 aliphatic carbocycles. The van der Waals surface area contributed by atoms with Gasteiger partial charge in [-0.15, -0.1) is 0 Å². The van der Waals surface area contributed by atoms with Crippen LogP contribution in [0.15, 0.2) is 4.99 Å². The summed E-state index contributed by atoms with van der Waals surface area (Å²) in [7, 11) is 0. The highest BCUT2D eigenvalue weighted by molar-refractivity contribution is 5.96. The predicted molar refractivity (Wildman–Crippen MR) is 57.3 cm³/mol. The summed E-state index contributed by atoms with van der Waals surface area (Å²) in [6, 6.07) is 0. The molecule has 0 spiro atoms. The third-order valence-corrected chi connectivity index (χ3v) is 1.71. The minimum Gasteiger partial charge on any atom is -0.466 e. The summed E-state index contributed by atoms with van der Waals surface area (Å²) >= 11 is 0. The molecule has 0 aliphatic heterocycles. The van der Waals surface area contributed by atoms with Crippen molar-refractivity contribution in [2.45, 2.75) is 39.5 Å². The normalized spacial score (nSPS) is 11.4. The molecule has 0 unspecified atom stereocenters. The second-order valence-electron chi connectivity index (χ2n) is 3.06. The fourth-order valence-electron chi connectivity index (χ4n) is 1.00. The van der Waals surface area contributed by atoms with Crippen LogP contribution >= 0.6 is 0 Å². The molecule has 0 aliphatic rings. The third-order valence-electron chi connectivity index (χ3n) is 1.71. The van der Waals surface area contributed by atoms with Crippen molar-refractivity contribution in [2.24, 2.45) is 10.7 Å². The molecule has 0 heterocycles. The zero-order chi connectivity index (χ0) is 10.8. The number of amidine groups is 1. The van der Waals surface area contributed by atoms with Gasteiger partial charge in [-0.3, -0.25) is 9.79 Å². The van der Waals surface area contributed by atoms with Gasteiger partial charge in [-0.1, -0.05) is 19.8 Å². The second kappa shape index (κ2) is 8.53. The van der Waals surface area contributed by atoms with Crippen molar-refractivity contribution in [1.29, 1.82) is 0 Å². The number of unbranched alkanes of at least 4 members (excludes halogenated alkanes) is 2. The molecule has 0 aromatic heterocycles. The van der Waals surface area contributed by atoms with Crippen molar-refractivity contribution in [2.75, 3.05) is 13.2 Å². The van der Waals surface area contributed by atoms with E-state index in [1.807, 2.05) is 0 Å². The van der Waals surface area contributed by atoms with E-state index in [0.29, 0.717) is 19.0 Å². The summed E-state index contributed by atoms with van der Waals surface area (Å²) in [5.41, 5.74) is 5.54. The van der Waals surface area contributed by atoms with E-state index in [1.54, 1.807) is 6.92 Å². The quantitative estimate of drug-likeness (QED) is 0.293. The largest absolute Gasteiger partial charge is 0.466 e. The van der Waals surface area contributed by atoms with Crippen LogP contribution in [0.1, 0.15) is 39.5 Å². The van der Waals surface area contributed by atoms with Gasteiger partial charge >= 0.3 is 5.97 Å². The van der Waals surface area contributed by atoms with Crippen LogP contribution in [0.25, 0.3) is 0 Å². The molecule has 0 aromatic carbocycles. The molecule has 0 saturated carbocycles. The van der Waals surface area contributed by atoms with Gasteiger partial charge in [0, 0.05) is 6.54 Å². The standard InChI is InChI=1S/C10H20N2O2/c1-3-5-6-7-12-9(11)8-10(13)14-4-2/h3-8H2,1-2H3,(H2,11,12). The van der Waals surface area contributed by atoms with E-state index in [0.717, 1.165) is 19.3 Å². The van der Waals surface area contributed by atoms with E-state index < -0.39 is 0 Å². The van der Waals surface area contributed by atoms with Gasteiger partial charge in [0.25, 0.3) is 0 Å². The molecule has 0 amide bonds. The SMILES string of the molecule is CCCCCN=C(N)CC(=O)OCC. The molecular weight excluding hydrogens is 180 g/mol. The van der Waals surface area contributed by atoms with Gasteiger partial charge in [0.1, 0.15) is 12.3 Å². The van der Waals surface area contributed by atoms with E-state index in [-0.39, 0.29) is 12.4 Å². The molecule has 0 fully saturated rings. The first-order valence-corrected chi connectivity index (χ1v) is 5.15. The number of esters is 1. The lowest BCUT2D eigenvalue weighted by Gasteiger charge is -2.01. The van der Waals surface area contributed by atoms with Gasteiger partial charge in [-0.2, -0.15) is 0 Å². The molecule has 0 atom stereocenters. The predicted octanol–water partition coefficient (Wildman–Crippen LogP) is 1.49. The maximum absolute atomic E-state index is 11.0. The van der Waals surface area contributed by atoms with Crippen LogP contribution in [0.4, 0.5) is 0 Å². The zero-order valence-electron chi connectivity index (χ0n) is 9.08. The van der Waals surface area contributed by atoms with Crippen LogP contribution in [0.5, 0.6) is 0 Å². The van der Waals surface area contributed by atoms with Crippen molar-refractivity contribution < 1.29 is 9.53 Å². The summed E-state index contributed by atoms with van der Waals surface area (Å²) in [5.74, 6) is 0.0730. The van der Waals surface area contributed by atoms with Crippen molar-refractivity contribution >= 4 is 11.8 Å². The van der Waals surface area contributed by atoms with Crippen molar-refractivity contribution in [3.8, 4) is 0 Å². The number of carbonyl (C=O) groups is 1. The van der Waals surface area contributed by atoms with E-state index >= 15 is 0 Å². The van der Waals surface area contributed by atoms with Crippen LogP contribution in [0.3, 0.4) is 0 Å². The number of ether oxygens (including phenoxy) is 1. The molecule has 2 N–H and O–H groups in total. The number of hydrogen-bond donors (Lipinski definition) is 1. The maximum Gasteiger partial charge on any atom is 0.313 e. The number of carbonyl (C=O) groups excluding carboxylic acids is 1. The maximum atomic E-state index is 11.0. The van der Waals surface area contributed by atoms with Crippen molar-refractivity contribution in [3.63, 3.8) is 0 Å². The number of aliphatic imine (C=N–C) groups is 1. The van der Waals surface area contributed by atoms with Gasteiger partial charge in [0.05, 0.1) is 6.61 Å². The summed E-state index contributed by atoms with van der Waals surface area (Å²) in [4.78, 5) is 15.0. The fraction of sp³-hybridized carbons (Fsp3) is 0.800. The topological polar surface area (TPSA) is 64.7 Å². The van der Waals surface area contributed by atoms with Gasteiger partial charge in [-0.25, -0.2) is 0 Å². The van der Waals surface area contributed by atoms with E-state index in [2.05, 4.69) is 11.9 Å². The summed E-state index contributed by atoms with van der Waals surface area (Å²) in [6.45, 7) is 5.00. The van der Waals surface area contributed by atoms with E-state index in [1.165, 1.54) is 0 Å². The molecule has 82 valence electrons. The monoisotopic (exact) mass is 200 g/mol. The minimum atomic E-state index is -0.302. The summed E-state index contributed by atoms with van der Waals surface area (Å²) in [6.07, 6.45) is 3.45. The van der Waals surface area contributed by atoms with Crippen molar-refractivity contribution in [3.05, 3.63) is 0 Å². The number of hydrogen-bond acceptors (Lipinski definition) is 3. The van der Waals surface area contributed by atoms with Crippen LogP contribution in [0, 0.1) is 0 Å². The molecule has 0 aromatic rings. The van der Waals surface area contributed by atoms with Crippen LogP contribution < -0.4 is 5.73 Å². The highest BCUT2D eigenvalue weighted by Gasteiger charge is 2.03. The lowest BCUT2D eigenvalue weighted by molar-refractivity contribution is -0.141. The summed E-state index contributed by atoms with van der Waals surface area (Å²) < 4.78 is 4.74. The van der Waals surface area contributed by atoms with E-state index in [4.69, 9.17) is 10.5 Å². The minimum absolute atomic E-state index is 0.111.